The van der Waals surface area contributed by atoms with Crippen LogP contribution in [-0.4, -0.2) is 45.3 Å². The number of amides is 1. The van der Waals surface area contributed by atoms with Gasteiger partial charge in [0.15, 0.2) is 9.84 Å². The summed E-state index contributed by atoms with van der Waals surface area (Å²) >= 11 is 8.05. The number of hydrogen-bond acceptors (Lipinski definition) is 5. The third-order valence-corrected chi connectivity index (χ3v) is 7.13. The zero-order valence-corrected chi connectivity index (χ0v) is 17.7. The molecule has 1 aliphatic rings. The van der Waals surface area contributed by atoms with Crippen LogP contribution in [0, 0.1) is 0 Å². The topological polar surface area (TPSA) is 57.7 Å². The van der Waals surface area contributed by atoms with Gasteiger partial charge >= 0.3 is 0 Å². The maximum Gasteiger partial charge on any atom is 0.234 e. The molecule has 1 unspecified atom stereocenters. The lowest BCUT2D eigenvalue weighted by atomic mass is 10.1. The molecule has 0 spiro atoms. The Morgan fingerprint density at radius 1 is 1.19 bits per heavy atom. The maximum absolute atomic E-state index is 12.4. The van der Waals surface area contributed by atoms with Crippen molar-refractivity contribution in [2.45, 2.75) is 16.8 Å². The summed E-state index contributed by atoms with van der Waals surface area (Å²) in [4.78, 5) is 16.5. The number of carbonyl (C=O) groups excluding carboxylic acids is 1. The molecule has 1 aliphatic heterocycles. The van der Waals surface area contributed by atoms with Crippen LogP contribution in [0.4, 0.5) is 5.69 Å². The molecule has 144 valence electrons. The number of nitrogens with zero attached hydrogens (tertiary/aromatic N) is 2. The van der Waals surface area contributed by atoms with E-state index >= 15 is 0 Å². The van der Waals surface area contributed by atoms with Gasteiger partial charge in [0.2, 0.25) is 5.91 Å². The fourth-order valence-electron chi connectivity index (χ4n) is 2.92. The van der Waals surface area contributed by atoms with E-state index in [0.29, 0.717) is 17.3 Å². The number of thioether (sulfide) groups is 1. The van der Waals surface area contributed by atoms with E-state index in [2.05, 4.69) is 0 Å². The molecule has 8 heteroatoms. The molecule has 0 aliphatic carbocycles. The first-order valence-electron chi connectivity index (χ1n) is 8.33. The largest absolute Gasteiger partial charge is 0.378 e. The quantitative estimate of drug-likeness (QED) is 0.734. The van der Waals surface area contributed by atoms with Crippen molar-refractivity contribution in [1.82, 2.24) is 4.90 Å². The molecule has 0 bridgehead atoms. The highest BCUT2D eigenvalue weighted by atomic mass is 35.5. The van der Waals surface area contributed by atoms with E-state index in [-0.39, 0.29) is 16.2 Å². The van der Waals surface area contributed by atoms with Gasteiger partial charge in [-0.05, 0) is 29.8 Å². The standard InChI is InChI=1S/C19H21ClN2O3S2/c1-21(2)14-6-9-16(17(20)10-14)19-22(18(23)12-26-19)11-13-4-7-15(8-5-13)27(3,24)25/h4-10,19H,11-12H2,1-3H3. The molecule has 0 N–H and O–H groups in total. The first-order valence-corrected chi connectivity index (χ1v) is 11.7. The summed E-state index contributed by atoms with van der Waals surface area (Å²) < 4.78 is 23.2. The molecule has 0 aromatic heterocycles. The number of halogens is 1. The fraction of sp³-hybridized carbons (Fsp3) is 0.316. The number of anilines is 1. The summed E-state index contributed by atoms with van der Waals surface area (Å²) in [6, 6.07) is 12.5. The van der Waals surface area contributed by atoms with Gasteiger partial charge in [-0.25, -0.2) is 8.42 Å². The number of carbonyl (C=O) groups is 1. The molecule has 1 heterocycles. The van der Waals surface area contributed by atoms with E-state index in [1.165, 1.54) is 6.26 Å². The Balaban J connectivity index is 1.85. The van der Waals surface area contributed by atoms with E-state index in [9.17, 15) is 13.2 Å². The Hall–Kier alpha value is -1.70. The third kappa shape index (κ3) is 4.42. The Labute approximate surface area is 169 Å². The van der Waals surface area contributed by atoms with Crippen molar-refractivity contribution in [3.63, 3.8) is 0 Å². The molecule has 1 amide bonds. The SMILES string of the molecule is CN(C)c1ccc(C2SCC(=O)N2Cc2ccc(S(C)(=O)=O)cc2)c(Cl)c1. The van der Waals surface area contributed by atoms with Crippen LogP contribution in [0.5, 0.6) is 0 Å². The second kappa shape index (κ2) is 7.73. The normalized spacial score (nSPS) is 17.4. The van der Waals surface area contributed by atoms with Gasteiger partial charge in [0.25, 0.3) is 0 Å². The Kier molecular flexibility index (Phi) is 5.74. The summed E-state index contributed by atoms with van der Waals surface area (Å²) in [7, 11) is 0.666. The molecule has 0 saturated carbocycles. The highest BCUT2D eigenvalue weighted by molar-refractivity contribution is 8.00. The van der Waals surface area contributed by atoms with Gasteiger partial charge in [0.05, 0.1) is 10.6 Å². The zero-order valence-electron chi connectivity index (χ0n) is 15.3. The lowest BCUT2D eigenvalue weighted by Gasteiger charge is -2.26. The number of hydrogen-bond donors (Lipinski definition) is 0. The summed E-state index contributed by atoms with van der Waals surface area (Å²) in [5.41, 5.74) is 2.79. The lowest BCUT2D eigenvalue weighted by molar-refractivity contribution is -0.128. The average molecular weight is 425 g/mol. The molecule has 1 atom stereocenters. The third-order valence-electron chi connectivity index (χ3n) is 4.44. The second-order valence-electron chi connectivity index (χ2n) is 6.70. The van der Waals surface area contributed by atoms with Crippen molar-refractivity contribution in [1.29, 1.82) is 0 Å². The molecule has 1 fully saturated rings. The van der Waals surface area contributed by atoms with E-state index in [0.717, 1.165) is 16.8 Å². The van der Waals surface area contributed by atoms with Crippen molar-refractivity contribution < 1.29 is 13.2 Å². The molecule has 3 rings (SSSR count). The second-order valence-corrected chi connectivity index (χ2v) is 10.2. The molecule has 1 saturated heterocycles. The van der Waals surface area contributed by atoms with Gasteiger partial charge in [-0.2, -0.15) is 0 Å². The number of benzene rings is 2. The van der Waals surface area contributed by atoms with Crippen LogP contribution in [0.2, 0.25) is 5.02 Å². The molecule has 2 aromatic rings. The molecule has 5 nitrogen and oxygen atoms in total. The molecular formula is C19H21ClN2O3S2. The Morgan fingerprint density at radius 3 is 2.41 bits per heavy atom. The molecule has 2 aromatic carbocycles. The van der Waals surface area contributed by atoms with Gasteiger partial charge < -0.3 is 9.80 Å². The van der Waals surface area contributed by atoms with Crippen molar-refractivity contribution >= 4 is 44.8 Å². The van der Waals surface area contributed by atoms with Crippen molar-refractivity contribution in [3.8, 4) is 0 Å². The van der Waals surface area contributed by atoms with Crippen molar-refractivity contribution in [2.75, 3.05) is 31.0 Å². The first-order chi connectivity index (χ1) is 12.7. The van der Waals surface area contributed by atoms with Crippen LogP contribution in [0.3, 0.4) is 0 Å². The minimum Gasteiger partial charge on any atom is -0.378 e. The summed E-state index contributed by atoms with van der Waals surface area (Å²) in [5, 5.41) is 0.474. The number of sulfone groups is 1. The summed E-state index contributed by atoms with van der Waals surface area (Å²) in [6.07, 6.45) is 1.18. The van der Waals surface area contributed by atoms with Crippen LogP contribution in [0.1, 0.15) is 16.5 Å². The van der Waals surface area contributed by atoms with Gasteiger partial charge in [0.1, 0.15) is 5.37 Å². The summed E-state index contributed by atoms with van der Waals surface area (Å²) in [5.74, 6) is 0.447. The van der Waals surface area contributed by atoms with Gasteiger partial charge in [-0.1, -0.05) is 29.8 Å². The van der Waals surface area contributed by atoms with Crippen LogP contribution in [0.15, 0.2) is 47.4 Å². The first kappa shape index (κ1) is 20.0. The fourth-order valence-corrected chi connectivity index (χ4v) is 5.11. The van der Waals surface area contributed by atoms with Gasteiger partial charge in [-0.3, -0.25) is 4.79 Å². The van der Waals surface area contributed by atoms with Crippen LogP contribution < -0.4 is 4.90 Å². The van der Waals surface area contributed by atoms with Crippen molar-refractivity contribution in [2.24, 2.45) is 0 Å². The van der Waals surface area contributed by atoms with E-state index in [1.54, 1.807) is 40.9 Å². The molecule has 27 heavy (non-hydrogen) atoms. The van der Waals surface area contributed by atoms with Gasteiger partial charge in [0, 0.05) is 43.2 Å². The Morgan fingerprint density at radius 2 is 1.85 bits per heavy atom. The predicted molar refractivity (Wildman–Crippen MR) is 111 cm³/mol. The average Bonchev–Trinajstić information content (AvgIpc) is 2.95. The van der Waals surface area contributed by atoms with Crippen LogP contribution in [-0.2, 0) is 21.2 Å². The minimum atomic E-state index is -3.23. The van der Waals surface area contributed by atoms with E-state index in [4.69, 9.17) is 11.6 Å². The Bertz CT molecular complexity index is 959. The maximum atomic E-state index is 12.4. The highest BCUT2D eigenvalue weighted by Gasteiger charge is 2.34. The molecular weight excluding hydrogens is 404 g/mol. The lowest BCUT2D eigenvalue weighted by Crippen LogP contribution is -2.27. The molecule has 0 radical (unpaired) electrons. The minimum absolute atomic E-state index is 0.0462. The van der Waals surface area contributed by atoms with Crippen LogP contribution in [0.25, 0.3) is 0 Å². The smallest absolute Gasteiger partial charge is 0.234 e. The zero-order chi connectivity index (χ0) is 19.8. The van der Waals surface area contributed by atoms with E-state index < -0.39 is 9.84 Å². The predicted octanol–water partition coefficient (Wildman–Crippen LogP) is 3.58. The number of rotatable bonds is 5. The van der Waals surface area contributed by atoms with Crippen LogP contribution >= 0.6 is 23.4 Å². The van der Waals surface area contributed by atoms with Gasteiger partial charge in [-0.15, -0.1) is 11.8 Å². The highest BCUT2D eigenvalue weighted by Crippen LogP contribution is 2.43. The van der Waals surface area contributed by atoms with Crippen molar-refractivity contribution in [3.05, 3.63) is 58.6 Å². The summed E-state index contributed by atoms with van der Waals surface area (Å²) in [6.45, 7) is 0.409. The monoisotopic (exact) mass is 424 g/mol. The van der Waals surface area contributed by atoms with E-state index in [1.807, 2.05) is 37.2 Å².